The quantitative estimate of drug-likeness (QED) is 0.894. The van der Waals surface area contributed by atoms with Crippen molar-refractivity contribution in [1.29, 1.82) is 0 Å². The number of nitrogens with two attached hydrogens (primary N) is 1. The lowest BCUT2D eigenvalue weighted by Crippen LogP contribution is -2.42. The molecular weight excluding hydrogens is 250 g/mol. The molecule has 0 spiro atoms. The summed E-state index contributed by atoms with van der Waals surface area (Å²) in [7, 11) is 0. The number of fused-ring (bicyclic) bond motifs is 1. The van der Waals surface area contributed by atoms with E-state index in [9.17, 15) is 13.6 Å². The number of amides is 1. The summed E-state index contributed by atoms with van der Waals surface area (Å²) in [6.07, 6.45) is 2.03. The van der Waals surface area contributed by atoms with Crippen molar-refractivity contribution in [2.24, 2.45) is 11.1 Å². The number of nitrogens with zero attached hydrogens (tertiary/aromatic N) is 1. The van der Waals surface area contributed by atoms with Crippen LogP contribution in [0.5, 0.6) is 0 Å². The van der Waals surface area contributed by atoms with Crippen LogP contribution in [0, 0.1) is 17.0 Å². The summed E-state index contributed by atoms with van der Waals surface area (Å²) in [6.45, 7) is 3.99. The Bertz CT molecular complexity index is 569. The van der Waals surface area contributed by atoms with Gasteiger partial charge in [0.1, 0.15) is 17.7 Å². The van der Waals surface area contributed by atoms with Crippen LogP contribution in [0.1, 0.15) is 38.3 Å². The monoisotopic (exact) mass is 266 g/mol. The first kappa shape index (κ1) is 12.5. The Morgan fingerprint density at radius 2 is 2.05 bits per heavy atom. The highest BCUT2D eigenvalue weighted by Gasteiger charge is 2.50. The summed E-state index contributed by atoms with van der Waals surface area (Å²) in [5.41, 5.74) is 6.21. The maximum absolute atomic E-state index is 13.8. The van der Waals surface area contributed by atoms with Gasteiger partial charge in [0.05, 0.1) is 5.69 Å². The van der Waals surface area contributed by atoms with Gasteiger partial charge in [-0.1, -0.05) is 6.92 Å². The van der Waals surface area contributed by atoms with Crippen LogP contribution in [0.3, 0.4) is 0 Å². The van der Waals surface area contributed by atoms with Crippen LogP contribution in [-0.4, -0.2) is 11.9 Å². The van der Waals surface area contributed by atoms with Crippen molar-refractivity contribution < 1.29 is 13.6 Å². The van der Waals surface area contributed by atoms with Gasteiger partial charge in [0.2, 0.25) is 5.91 Å². The number of halogens is 2. The number of hydrogen-bond acceptors (Lipinski definition) is 2. The standard InChI is InChI=1S/C14H16F2N2O/c1-7(14(2)3-4-14)18-10-6-8(15)5-9(16)11(10)12(17)13(18)19/h5-7,12H,3-4,17H2,1-2H3. The molecule has 2 atom stereocenters. The fraction of sp³-hybridized carbons (Fsp3) is 0.500. The average Bonchev–Trinajstić information content (AvgIpc) is 3.01. The second-order valence-electron chi connectivity index (χ2n) is 5.84. The Morgan fingerprint density at radius 1 is 1.42 bits per heavy atom. The molecule has 1 heterocycles. The predicted octanol–water partition coefficient (Wildman–Crippen LogP) is 2.50. The minimum Gasteiger partial charge on any atom is -0.316 e. The Hall–Kier alpha value is -1.49. The number of benzene rings is 1. The number of hydrogen-bond donors (Lipinski definition) is 1. The van der Waals surface area contributed by atoms with Crippen LogP contribution >= 0.6 is 0 Å². The van der Waals surface area contributed by atoms with Gasteiger partial charge in [-0.05, 0) is 31.2 Å². The third-order valence-electron chi connectivity index (χ3n) is 4.58. The lowest BCUT2D eigenvalue weighted by atomic mass is 9.99. The molecule has 0 saturated heterocycles. The Kier molecular flexibility index (Phi) is 2.48. The van der Waals surface area contributed by atoms with Crippen molar-refractivity contribution in [3.63, 3.8) is 0 Å². The van der Waals surface area contributed by atoms with E-state index in [4.69, 9.17) is 5.73 Å². The average molecular weight is 266 g/mol. The van der Waals surface area contributed by atoms with Gasteiger partial charge >= 0.3 is 0 Å². The van der Waals surface area contributed by atoms with Crippen LogP contribution in [0.4, 0.5) is 14.5 Å². The summed E-state index contributed by atoms with van der Waals surface area (Å²) in [5, 5.41) is 0. The molecule has 5 heteroatoms. The summed E-state index contributed by atoms with van der Waals surface area (Å²) in [6, 6.07) is 0.846. The summed E-state index contributed by atoms with van der Waals surface area (Å²) >= 11 is 0. The molecule has 3 nitrogen and oxygen atoms in total. The molecule has 1 aliphatic carbocycles. The molecule has 0 radical (unpaired) electrons. The van der Waals surface area contributed by atoms with Crippen molar-refractivity contribution in [3.05, 3.63) is 29.3 Å². The highest BCUT2D eigenvalue weighted by atomic mass is 19.1. The molecule has 1 aromatic rings. The molecular formula is C14H16F2N2O. The number of carbonyl (C=O) groups is 1. The van der Waals surface area contributed by atoms with E-state index in [1.807, 2.05) is 6.92 Å². The van der Waals surface area contributed by atoms with Gasteiger partial charge in [-0.3, -0.25) is 4.79 Å². The van der Waals surface area contributed by atoms with E-state index in [0.29, 0.717) is 0 Å². The first-order chi connectivity index (χ1) is 8.85. The largest absolute Gasteiger partial charge is 0.316 e. The molecule has 2 N–H and O–H groups in total. The normalized spacial score (nSPS) is 25.4. The van der Waals surface area contributed by atoms with E-state index >= 15 is 0 Å². The zero-order chi connectivity index (χ0) is 13.9. The first-order valence-electron chi connectivity index (χ1n) is 6.43. The minimum absolute atomic E-state index is 0.0276. The molecule has 2 aliphatic rings. The fourth-order valence-corrected chi connectivity index (χ4v) is 2.80. The topological polar surface area (TPSA) is 46.3 Å². The molecule has 0 bridgehead atoms. The van der Waals surface area contributed by atoms with Gasteiger partial charge in [-0.25, -0.2) is 8.78 Å². The van der Waals surface area contributed by atoms with Gasteiger partial charge < -0.3 is 10.6 Å². The van der Waals surface area contributed by atoms with Crippen molar-refractivity contribution in [3.8, 4) is 0 Å². The van der Waals surface area contributed by atoms with Crippen LogP contribution in [-0.2, 0) is 4.79 Å². The second-order valence-corrected chi connectivity index (χ2v) is 5.84. The minimum atomic E-state index is -1.03. The van der Waals surface area contributed by atoms with Gasteiger partial charge in [-0.15, -0.1) is 0 Å². The van der Waals surface area contributed by atoms with Crippen molar-refractivity contribution >= 4 is 11.6 Å². The molecule has 1 aliphatic heterocycles. The maximum Gasteiger partial charge on any atom is 0.248 e. The molecule has 102 valence electrons. The Labute approximate surface area is 110 Å². The smallest absolute Gasteiger partial charge is 0.248 e. The highest BCUT2D eigenvalue weighted by Crippen LogP contribution is 2.52. The number of carbonyl (C=O) groups excluding carboxylic acids is 1. The van der Waals surface area contributed by atoms with Crippen LogP contribution in [0.25, 0.3) is 0 Å². The molecule has 1 aromatic carbocycles. The van der Waals surface area contributed by atoms with Crippen LogP contribution < -0.4 is 10.6 Å². The highest BCUT2D eigenvalue weighted by molar-refractivity contribution is 6.05. The van der Waals surface area contributed by atoms with Gasteiger partial charge in [0.25, 0.3) is 0 Å². The third-order valence-corrected chi connectivity index (χ3v) is 4.58. The van der Waals surface area contributed by atoms with Crippen molar-refractivity contribution in [2.75, 3.05) is 4.90 Å². The van der Waals surface area contributed by atoms with Gasteiger partial charge in [0.15, 0.2) is 0 Å². The van der Waals surface area contributed by atoms with E-state index in [1.165, 1.54) is 11.0 Å². The van der Waals surface area contributed by atoms with E-state index in [2.05, 4.69) is 6.92 Å². The molecule has 1 fully saturated rings. The lowest BCUT2D eigenvalue weighted by Gasteiger charge is -2.30. The third kappa shape index (κ3) is 1.68. The molecule has 19 heavy (non-hydrogen) atoms. The molecule has 2 unspecified atom stereocenters. The zero-order valence-electron chi connectivity index (χ0n) is 10.9. The summed E-state index contributed by atoms with van der Waals surface area (Å²) in [4.78, 5) is 13.7. The molecule has 0 aromatic heterocycles. The second kappa shape index (κ2) is 3.76. The van der Waals surface area contributed by atoms with E-state index in [0.717, 1.165) is 18.9 Å². The zero-order valence-corrected chi connectivity index (χ0v) is 10.9. The molecule has 1 saturated carbocycles. The van der Waals surface area contributed by atoms with E-state index < -0.39 is 17.7 Å². The van der Waals surface area contributed by atoms with E-state index in [-0.39, 0.29) is 28.6 Å². The van der Waals surface area contributed by atoms with Crippen LogP contribution in [0.2, 0.25) is 0 Å². The summed E-state index contributed by atoms with van der Waals surface area (Å²) in [5.74, 6) is -1.78. The fourth-order valence-electron chi connectivity index (χ4n) is 2.80. The maximum atomic E-state index is 13.8. The Morgan fingerprint density at radius 3 is 2.63 bits per heavy atom. The number of anilines is 1. The van der Waals surface area contributed by atoms with Gasteiger partial charge in [-0.2, -0.15) is 0 Å². The van der Waals surface area contributed by atoms with Gasteiger partial charge in [0, 0.05) is 17.7 Å². The molecule has 1 amide bonds. The molecule has 3 rings (SSSR count). The predicted molar refractivity (Wildman–Crippen MR) is 67.6 cm³/mol. The SMILES string of the molecule is CC(N1C(=O)C(N)c2c(F)cc(F)cc21)C1(C)CC1. The van der Waals surface area contributed by atoms with E-state index in [1.54, 1.807) is 0 Å². The first-order valence-corrected chi connectivity index (χ1v) is 6.43. The Balaban J connectivity index is 2.11. The van der Waals surface area contributed by atoms with Crippen LogP contribution in [0.15, 0.2) is 12.1 Å². The van der Waals surface area contributed by atoms with Crippen molar-refractivity contribution in [1.82, 2.24) is 0 Å². The summed E-state index contributed by atoms with van der Waals surface area (Å²) < 4.78 is 27.2. The lowest BCUT2D eigenvalue weighted by molar-refractivity contribution is -0.119. The number of rotatable bonds is 2. The van der Waals surface area contributed by atoms with Crippen molar-refractivity contribution in [2.45, 2.75) is 38.8 Å².